The van der Waals surface area contributed by atoms with E-state index >= 15 is 4.39 Å². The normalized spacial score (nSPS) is 12.4. The highest BCUT2D eigenvalue weighted by Gasteiger charge is 2.26. The smallest absolute Gasteiger partial charge is 0.350 e. The van der Waals surface area contributed by atoms with Gasteiger partial charge in [-0.25, -0.2) is 19.2 Å². The van der Waals surface area contributed by atoms with Crippen LogP contribution >= 0.6 is 0 Å². The number of nitrogens with two attached hydrogens (primary N) is 1. The summed E-state index contributed by atoms with van der Waals surface area (Å²) in [7, 11) is 4.51. The van der Waals surface area contributed by atoms with Crippen LogP contribution in [0.5, 0.6) is 11.5 Å². The van der Waals surface area contributed by atoms with E-state index in [2.05, 4.69) is 25.0 Å². The number of ether oxygens (including phenoxy) is 2. The Morgan fingerprint density at radius 1 is 1.14 bits per heavy atom. The maximum Gasteiger partial charge on any atom is 0.350 e. The summed E-state index contributed by atoms with van der Waals surface area (Å²) in [4.78, 5) is 27.6. The summed E-state index contributed by atoms with van der Waals surface area (Å²) in [6, 6.07) is 11.8. The molecule has 0 aliphatic rings. The first-order valence-corrected chi connectivity index (χ1v) is 10.6. The predicted molar refractivity (Wildman–Crippen MR) is 128 cm³/mol. The van der Waals surface area contributed by atoms with Crippen molar-refractivity contribution in [3.05, 3.63) is 93.7 Å². The Hall–Kier alpha value is -4.54. The molecule has 180 valence electrons. The molecule has 2 aromatic heterocycles. The first-order chi connectivity index (χ1) is 16.9. The summed E-state index contributed by atoms with van der Waals surface area (Å²) in [5, 5.41) is 4.40. The lowest BCUT2D eigenvalue weighted by Crippen LogP contribution is -2.18. The van der Waals surface area contributed by atoms with Crippen molar-refractivity contribution in [3.63, 3.8) is 0 Å². The molecule has 2 heterocycles. The Labute approximate surface area is 200 Å². The fourth-order valence-corrected chi connectivity index (χ4v) is 3.70. The molecule has 4 aromatic rings. The maximum absolute atomic E-state index is 15.3. The summed E-state index contributed by atoms with van der Waals surface area (Å²) in [6.45, 7) is 0. The lowest BCUT2D eigenvalue weighted by atomic mass is 9.90. The van der Waals surface area contributed by atoms with E-state index in [9.17, 15) is 4.79 Å². The van der Waals surface area contributed by atoms with Crippen molar-refractivity contribution in [1.29, 1.82) is 0 Å². The molecule has 0 saturated carbocycles. The third-order valence-corrected chi connectivity index (χ3v) is 5.52. The molecule has 11 heteroatoms. The minimum Gasteiger partial charge on any atom is -0.493 e. The molecule has 10 nitrogen and oxygen atoms in total. The molecule has 4 rings (SSSR count). The fraction of sp³-hybridized carbons (Fsp3) is 0.208. The monoisotopic (exact) mass is 477 g/mol. The van der Waals surface area contributed by atoms with Crippen LogP contribution in [0.25, 0.3) is 5.95 Å². The summed E-state index contributed by atoms with van der Waals surface area (Å²) < 4.78 is 27.0. The summed E-state index contributed by atoms with van der Waals surface area (Å²) in [5.74, 6) is 0.156. The van der Waals surface area contributed by atoms with Crippen molar-refractivity contribution < 1.29 is 13.9 Å². The van der Waals surface area contributed by atoms with Crippen LogP contribution in [0.4, 0.5) is 4.39 Å². The van der Waals surface area contributed by atoms with E-state index in [1.807, 2.05) is 24.3 Å². The molecular formula is C24H24FN7O3. The number of nitrogens with one attached hydrogen (secondary N) is 1. The van der Waals surface area contributed by atoms with Gasteiger partial charge in [0.05, 0.1) is 20.1 Å². The number of hydrogen-bond acceptors (Lipinski definition) is 7. The van der Waals surface area contributed by atoms with Gasteiger partial charge in [-0.05, 0) is 24.1 Å². The summed E-state index contributed by atoms with van der Waals surface area (Å²) in [6.07, 6.45) is 3.32. The van der Waals surface area contributed by atoms with Crippen molar-refractivity contribution in [2.75, 3.05) is 21.3 Å². The Balaban J connectivity index is 1.81. The number of aliphatic imine (C=N–C) groups is 1. The van der Waals surface area contributed by atoms with E-state index in [0.717, 1.165) is 15.8 Å². The summed E-state index contributed by atoms with van der Waals surface area (Å²) >= 11 is 0. The number of H-pyrrole nitrogens is 1. The molecule has 0 amide bonds. The Bertz CT molecular complexity index is 1400. The molecule has 3 N–H and O–H groups in total. The van der Waals surface area contributed by atoms with Crippen molar-refractivity contribution in [2.45, 2.75) is 12.3 Å². The summed E-state index contributed by atoms with van der Waals surface area (Å²) in [5.41, 5.74) is 7.26. The van der Waals surface area contributed by atoms with Crippen LogP contribution in [0.2, 0.25) is 0 Å². The van der Waals surface area contributed by atoms with E-state index < -0.39 is 17.4 Å². The number of amidine groups is 1. The highest BCUT2D eigenvalue weighted by molar-refractivity contribution is 5.97. The maximum atomic E-state index is 15.3. The molecule has 2 aromatic carbocycles. The number of aromatic amines is 1. The van der Waals surface area contributed by atoms with Crippen LogP contribution in [0.1, 0.15) is 28.4 Å². The van der Waals surface area contributed by atoms with Crippen molar-refractivity contribution in [3.8, 4) is 17.4 Å². The highest BCUT2D eigenvalue weighted by atomic mass is 19.1. The molecule has 0 fully saturated rings. The van der Waals surface area contributed by atoms with E-state index in [1.54, 1.807) is 19.2 Å². The Morgan fingerprint density at radius 3 is 2.43 bits per heavy atom. The van der Waals surface area contributed by atoms with Gasteiger partial charge in [-0.2, -0.15) is 0 Å². The van der Waals surface area contributed by atoms with Crippen LogP contribution in [-0.2, 0) is 6.42 Å². The lowest BCUT2D eigenvalue weighted by molar-refractivity contribution is 0.351. The second-order valence-corrected chi connectivity index (χ2v) is 7.57. The second-order valence-electron chi connectivity index (χ2n) is 7.57. The largest absolute Gasteiger partial charge is 0.493 e. The van der Waals surface area contributed by atoms with Crippen molar-refractivity contribution >= 4 is 5.84 Å². The third kappa shape index (κ3) is 4.88. The Kier molecular flexibility index (Phi) is 6.86. The molecule has 0 bridgehead atoms. The predicted octanol–water partition coefficient (Wildman–Crippen LogP) is 2.22. The zero-order valence-corrected chi connectivity index (χ0v) is 19.4. The van der Waals surface area contributed by atoms with E-state index in [0.29, 0.717) is 18.0 Å². The van der Waals surface area contributed by atoms with Gasteiger partial charge in [-0.3, -0.25) is 9.98 Å². The number of methoxy groups -OCH3 is 2. The first-order valence-electron chi connectivity index (χ1n) is 10.6. The van der Waals surface area contributed by atoms with Gasteiger partial charge in [0.15, 0.2) is 11.5 Å². The van der Waals surface area contributed by atoms with Crippen LogP contribution in [-0.4, -0.2) is 51.8 Å². The van der Waals surface area contributed by atoms with E-state index in [-0.39, 0.29) is 23.1 Å². The average molecular weight is 478 g/mol. The standard InChI is InChI=1S/C24H24FN7O3/c1-27-21(26)15-7-5-14(6-8-15)11-17(16-12-19(34-2)20(35-3)13-18(16)25)22-30-24(33)32(31-22)23-28-9-4-10-29-23/h4-10,12-13,17H,11H2,1-3H3,(H2,26,27)(H,30,31,33). The van der Waals surface area contributed by atoms with Crippen LogP contribution < -0.4 is 20.9 Å². The zero-order valence-electron chi connectivity index (χ0n) is 19.4. The van der Waals surface area contributed by atoms with Crippen molar-refractivity contribution in [1.82, 2.24) is 24.7 Å². The molecule has 0 radical (unpaired) electrons. The minimum absolute atomic E-state index is 0.102. The zero-order chi connectivity index (χ0) is 24.9. The highest BCUT2D eigenvalue weighted by Crippen LogP contribution is 2.36. The topological polar surface area (TPSA) is 133 Å². The molecule has 0 saturated heterocycles. The van der Waals surface area contributed by atoms with Crippen LogP contribution in [0.3, 0.4) is 0 Å². The molecule has 0 aliphatic heterocycles. The van der Waals surface area contributed by atoms with E-state index in [1.165, 1.54) is 32.7 Å². The molecule has 0 spiro atoms. The van der Waals surface area contributed by atoms with Crippen molar-refractivity contribution in [2.24, 2.45) is 10.7 Å². The second kappa shape index (κ2) is 10.2. The van der Waals surface area contributed by atoms with Gasteiger partial charge < -0.3 is 15.2 Å². The van der Waals surface area contributed by atoms with Gasteiger partial charge >= 0.3 is 5.69 Å². The van der Waals surface area contributed by atoms with Gasteiger partial charge in [0.2, 0.25) is 0 Å². The van der Waals surface area contributed by atoms with Gasteiger partial charge in [0.25, 0.3) is 5.95 Å². The molecule has 35 heavy (non-hydrogen) atoms. The number of nitrogens with zero attached hydrogens (tertiary/aromatic N) is 5. The molecule has 1 unspecified atom stereocenters. The Morgan fingerprint density at radius 2 is 1.80 bits per heavy atom. The fourth-order valence-electron chi connectivity index (χ4n) is 3.70. The lowest BCUT2D eigenvalue weighted by Gasteiger charge is -2.18. The van der Waals surface area contributed by atoms with Gasteiger partial charge in [0, 0.05) is 36.6 Å². The van der Waals surface area contributed by atoms with Crippen LogP contribution in [0.15, 0.2) is 64.6 Å². The molecule has 0 aliphatic carbocycles. The number of benzene rings is 2. The van der Waals surface area contributed by atoms with Crippen LogP contribution in [0, 0.1) is 5.82 Å². The minimum atomic E-state index is -0.671. The first kappa shape index (κ1) is 23.6. The third-order valence-electron chi connectivity index (χ3n) is 5.52. The number of hydrogen-bond donors (Lipinski definition) is 2. The quantitative estimate of drug-likeness (QED) is 0.294. The van der Waals surface area contributed by atoms with Gasteiger partial charge in [-0.15, -0.1) is 9.78 Å². The average Bonchev–Trinajstić information content (AvgIpc) is 3.28. The van der Waals surface area contributed by atoms with Gasteiger partial charge in [-0.1, -0.05) is 24.3 Å². The number of rotatable bonds is 8. The van der Waals surface area contributed by atoms with E-state index in [4.69, 9.17) is 15.2 Å². The number of halogens is 1. The number of aromatic nitrogens is 5. The molecular weight excluding hydrogens is 453 g/mol. The van der Waals surface area contributed by atoms with Gasteiger partial charge in [0.1, 0.15) is 17.5 Å². The SMILES string of the molecule is CN=C(N)c1ccc(CC(c2nn(-c3ncccn3)c(=O)[nH]2)c2cc(OC)c(OC)cc2F)cc1. The molecule has 1 atom stereocenters.